The van der Waals surface area contributed by atoms with Gasteiger partial charge in [0.15, 0.2) is 0 Å². The van der Waals surface area contributed by atoms with Crippen LogP contribution in [0, 0.1) is 0 Å². The van der Waals surface area contributed by atoms with Gasteiger partial charge >= 0.3 is 0 Å². The minimum atomic E-state index is -0.196. The van der Waals surface area contributed by atoms with Crippen molar-refractivity contribution in [3.05, 3.63) is 40.7 Å². The molecule has 0 radical (unpaired) electrons. The molecule has 4 heteroatoms. The van der Waals surface area contributed by atoms with E-state index in [-0.39, 0.29) is 11.4 Å². The highest BCUT2D eigenvalue weighted by Crippen LogP contribution is 2.12. The molecule has 0 aliphatic rings. The molecule has 0 fully saturated rings. The normalized spacial score (nSPS) is 10.2. The van der Waals surface area contributed by atoms with Crippen LogP contribution in [-0.2, 0) is 0 Å². The zero-order valence-electron chi connectivity index (χ0n) is 6.78. The van der Waals surface area contributed by atoms with Gasteiger partial charge in [-0.15, -0.1) is 0 Å². The van der Waals surface area contributed by atoms with Crippen molar-refractivity contribution in [3.63, 3.8) is 0 Å². The minimum absolute atomic E-state index is 0.196. The van der Waals surface area contributed by atoms with Gasteiger partial charge in [-0.2, -0.15) is 5.90 Å². The van der Waals surface area contributed by atoms with Gasteiger partial charge in [0.25, 0.3) is 5.56 Å². The minimum Gasteiger partial charge on any atom is -0.393 e. The molecule has 0 aliphatic heterocycles. The second-order valence-electron chi connectivity index (χ2n) is 2.67. The van der Waals surface area contributed by atoms with Crippen LogP contribution in [0.4, 0.5) is 0 Å². The lowest BCUT2D eigenvalue weighted by molar-refractivity contribution is 0.320. The maximum Gasteiger partial charge on any atom is 0.258 e. The fourth-order valence-electron chi connectivity index (χ4n) is 1.25. The maximum absolute atomic E-state index is 11.4. The van der Waals surface area contributed by atoms with Crippen LogP contribution >= 0.6 is 0 Å². The summed E-state index contributed by atoms with van der Waals surface area (Å²) in [6.45, 7) is 0. The first-order valence-corrected chi connectivity index (χ1v) is 3.80. The van der Waals surface area contributed by atoms with E-state index in [1.54, 1.807) is 18.2 Å². The molecule has 0 bridgehead atoms. The second kappa shape index (κ2) is 2.91. The Kier molecular flexibility index (Phi) is 1.75. The number of H-pyrrole nitrogens is 1. The number of benzene rings is 1. The van der Waals surface area contributed by atoms with E-state index < -0.39 is 0 Å². The van der Waals surface area contributed by atoms with Crippen molar-refractivity contribution < 1.29 is 4.84 Å². The van der Waals surface area contributed by atoms with Gasteiger partial charge < -0.3 is 4.84 Å². The van der Waals surface area contributed by atoms with Crippen LogP contribution in [0.2, 0.25) is 0 Å². The summed E-state index contributed by atoms with van der Waals surface area (Å²) in [6.07, 6.45) is 0. The molecule has 2 aromatic rings. The molecule has 0 aliphatic carbocycles. The highest BCUT2D eigenvalue weighted by molar-refractivity contribution is 5.82. The molecule has 13 heavy (non-hydrogen) atoms. The molecular weight excluding hydrogens is 168 g/mol. The predicted molar refractivity (Wildman–Crippen MR) is 49.4 cm³/mol. The van der Waals surface area contributed by atoms with Gasteiger partial charge in [-0.1, -0.05) is 18.2 Å². The van der Waals surface area contributed by atoms with Crippen molar-refractivity contribution in [2.24, 2.45) is 5.90 Å². The van der Waals surface area contributed by atoms with Crippen LogP contribution in [0.1, 0.15) is 0 Å². The topological polar surface area (TPSA) is 68.1 Å². The quantitative estimate of drug-likeness (QED) is 0.631. The van der Waals surface area contributed by atoms with E-state index in [1.165, 1.54) is 0 Å². The van der Waals surface area contributed by atoms with Gasteiger partial charge in [-0.3, -0.25) is 9.78 Å². The van der Waals surface area contributed by atoms with E-state index in [0.717, 1.165) is 5.39 Å². The van der Waals surface area contributed by atoms with Crippen molar-refractivity contribution in [3.8, 4) is 5.88 Å². The molecule has 0 atom stereocenters. The molecule has 66 valence electrons. The van der Waals surface area contributed by atoms with Gasteiger partial charge in [0, 0.05) is 11.5 Å². The molecule has 0 amide bonds. The van der Waals surface area contributed by atoms with Crippen LogP contribution in [0.25, 0.3) is 10.8 Å². The number of aromatic amines is 1. The average Bonchev–Trinajstić information content (AvgIpc) is 2.18. The molecule has 0 unspecified atom stereocenters. The predicted octanol–water partition coefficient (Wildman–Crippen LogP) is 0.781. The largest absolute Gasteiger partial charge is 0.393 e. The molecule has 2 rings (SSSR count). The average molecular weight is 176 g/mol. The third-order valence-electron chi connectivity index (χ3n) is 1.86. The molecule has 1 aromatic heterocycles. The fourth-order valence-corrected chi connectivity index (χ4v) is 1.25. The van der Waals surface area contributed by atoms with E-state index in [1.807, 2.05) is 12.1 Å². The van der Waals surface area contributed by atoms with Gasteiger partial charge in [0.2, 0.25) is 5.88 Å². The Morgan fingerprint density at radius 3 is 2.85 bits per heavy atom. The first kappa shape index (κ1) is 7.82. The molecular formula is C9H8N2O2. The number of fused-ring (bicyclic) bond motifs is 1. The Morgan fingerprint density at radius 1 is 1.31 bits per heavy atom. The SMILES string of the molecule is NOc1cc2ccccc2c(=O)[nH]1. The van der Waals surface area contributed by atoms with Crippen LogP contribution < -0.4 is 16.3 Å². The lowest BCUT2D eigenvalue weighted by Crippen LogP contribution is -2.11. The Morgan fingerprint density at radius 2 is 2.08 bits per heavy atom. The van der Waals surface area contributed by atoms with Crippen molar-refractivity contribution in [1.29, 1.82) is 0 Å². The van der Waals surface area contributed by atoms with E-state index >= 15 is 0 Å². The summed E-state index contributed by atoms with van der Waals surface area (Å²) < 4.78 is 0. The highest BCUT2D eigenvalue weighted by atomic mass is 16.6. The van der Waals surface area contributed by atoms with E-state index in [2.05, 4.69) is 9.82 Å². The van der Waals surface area contributed by atoms with Crippen molar-refractivity contribution in [1.82, 2.24) is 4.98 Å². The molecule has 1 heterocycles. The molecule has 1 aromatic carbocycles. The number of nitrogens with two attached hydrogens (primary N) is 1. The standard InChI is InChI=1S/C9H8N2O2/c10-13-8-5-6-3-1-2-4-7(6)9(12)11-8/h1-5H,10H2,(H,11,12). The van der Waals surface area contributed by atoms with E-state index in [9.17, 15) is 4.79 Å². The lowest BCUT2D eigenvalue weighted by Gasteiger charge is -1.99. The summed E-state index contributed by atoms with van der Waals surface area (Å²) in [4.78, 5) is 18.3. The summed E-state index contributed by atoms with van der Waals surface area (Å²) in [6, 6.07) is 8.90. The Balaban J connectivity index is 2.85. The summed E-state index contributed by atoms with van der Waals surface area (Å²) >= 11 is 0. The Bertz CT molecular complexity index is 490. The third-order valence-corrected chi connectivity index (χ3v) is 1.86. The first-order chi connectivity index (χ1) is 6.31. The van der Waals surface area contributed by atoms with E-state index in [4.69, 9.17) is 5.90 Å². The van der Waals surface area contributed by atoms with Crippen molar-refractivity contribution in [2.75, 3.05) is 0 Å². The molecule has 0 spiro atoms. The summed E-state index contributed by atoms with van der Waals surface area (Å²) in [7, 11) is 0. The van der Waals surface area contributed by atoms with E-state index in [0.29, 0.717) is 5.39 Å². The number of hydrogen-bond donors (Lipinski definition) is 2. The van der Waals surface area contributed by atoms with Crippen LogP contribution in [0.15, 0.2) is 35.1 Å². The second-order valence-corrected chi connectivity index (χ2v) is 2.67. The number of nitrogens with one attached hydrogen (secondary N) is 1. The summed E-state index contributed by atoms with van der Waals surface area (Å²) in [5.41, 5.74) is -0.196. The number of hydrogen-bond acceptors (Lipinski definition) is 3. The number of pyridine rings is 1. The summed E-state index contributed by atoms with van der Waals surface area (Å²) in [5, 5.41) is 1.44. The smallest absolute Gasteiger partial charge is 0.258 e. The van der Waals surface area contributed by atoms with Gasteiger partial charge in [-0.05, 0) is 11.5 Å². The van der Waals surface area contributed by atoms with Crippen LogP contribution in [0.5, 0.6) is 5.88 Å². The van der Waals surface area contributed by atoms with Gasteiger partial charge in [-0.25, -0.2) is 0 Å². The number of rotatable bonds is 1. The van der Waals surface area contributed by atoms with Gasteiger partial charge in [0.05, 0.1) is 0 Å². The summed E-state index contributed by atoms with van der Waals surface area (Å²) in [5.74, 6) is 5.21. The monoisotopic (exact) mass is 176 g/mol. The highest BCUT2D eigenvalue weighted by Gasteiger charge is 1.99. The number of aromatic nitrogens is 1. The molecule has 4 nitrogen and oxygen atoms in total. The zero-order valence-corrected chi connectivity index (χ0v) is 6.78. The molecule has 0 saturated carbocycles. The lowest BCUT2D eigenvalue weighted by atomic mass is 10.2. The third kappa shape index (κ3) is 1.27. The van der Waals surface area contributed by atoms with Crippen LogP contribution in [-0.4, -0.2) is 4.98 Å². The first-order valence-electron chi connectivity index (χ1n) is 3.80. The van der Waals surface area contributed by atoms with Crippen LogP contribution in [0.3, 0.4) is 0 Å². The Hall–Kier alpha value is -1.81. The zero-order chi connectivity index (χ0) is 9.26. The van der Waals surface area contributed by atoms with Crippen molar-refractivity contribution in [2.45, 2.75) is 0 Å². The van der Waals surface area contributed by atoms with Gasteiger partial charge in [0.1, 0.15) is 0 Å². The molecule has 3 N–H and O–H groups in total. The maximum atomic E-state index is 11.4. The fraction of sp³-hybridized carbons (Fsp3) is 0. The Labute approximate surface area is 73.9 Å². The van der Waals surface area contributed by atoms with Crippen molar-refractivity contribution >= 4 is 10.8 Å². The molecule has 0 saturated heterocycles.